The van der Waals surface area contributed by atoms with E-state index in [1.807, 2.05) is 7.05 Å². The van der Waals surface area contributed by atoms with Gasteiger partial charge in [0.05, 0.1) is 16.2 Å². The normalized spacial score (nSPS) is 14.7. The van der Waals surface area contributed by atoms with Crippen molar-refractivity contribution in [1.82, 2.24) is 14.9 Å². The average Bonchev–Trinajstić information content (AvgIpc) is 2.79. The van der Waals surface area contributed by atoms with Crippen molar-refractivity contribution in [3.05, 3.63) is 10.6 Å². The van der Waals surface area contributed by atoms with E-state index in [2.05, 4.69) is 49.5 Å². The zero-order valence-electron chi connectivity index (χ0n) is 13.2. The Kier molecular flexibility index (Phi) is 5.47. The molecule has 0 spiro atoms. The third-order valence-electron chi connectivity index (χ3n) is 3.48. The van der Waals surface area contributed by atoms with Crippen molar-refractivity contribution < 1.29 is 4.74 Å². The first-order valence-electron chi connectivity index (χ1n) is 6.76. The summed E-state index contributed by atoms with van der Waals surface area (Å²) in [5, 5.41) is 7.71. The van der Waals surface area contributed by atoms with Gasteiger partial charge < -0.3 is 10.1 Å². The van der Waals surface area contributed by atoms with E-state index in [1.165, 1.54) is 16.4 Å². The van der Waals surface area contributed by atoms with Crippen LogP contribution in [0.25, 0.3) is 0 Å². The molecule has 0 saturated carbocycles. The third kappa shape index (κ3) is 4.51. The SMILES string of the molecule is CNC(CCC(C)(C)OC)c1snnc1C(C)(C)C. The molecule has 1 unspecified atom stereocenters. The lowest BCUT2D eigenvalue weighted by Gasteiger charge is -2.26. The van der Waals surface area contributed by atoms with Crippen molar-refractivity contribution in [2.45, 2.75) is 64.5 Å². The van der Waals surface area contributed by atoms with Gasteiger partial charge in [0.2, 0.25) is 0 Å². The highest BCUT2D eigenvalue weighted by atomic mass is 32.1. The van der Waals surface area contributed by atoms with E-state index in [0.29, 0.717) is 6.04 Å². The second kappa shape index (κ2) is 6.29. The van der Waals surface area contributed by atoms with Gasteiger partial charge in [0, 0.05) is 18.6 Å². The third-order valence-corrected chi connectivity index (χ3v) is 4.31. The maximum absolute atomic E-state index is 5.49. The molecule has 0 aromatic carbocycles. The molecule has 0 bridgehead atoms. The van der Waals surface area contributed by atoms with E-state index in [9.17, 15) is 0 Å². The fourth-order valence-electron chi connectivity index (χ4n) is 1.95. The van der Waals surface area contributed by atoms with Gasteiger partial charge in [-0.3, -0.25) is 0 Å². The quantitative estimate of drug-likeness (QED) is 0.871. The Labute approximate surface area is 121 Å². The number of methoxy groups -OCH3 is 1. The van der Waals surface area contributed by atoms with Crippen LogP contribution in [0.5, 0.6) is 0 Å². The number of nitrogens with one attached hydrogen (secondary N) is 1. The van der Waals surface area contributed by atoms with Crippen LogP contribution < -0.4 is 5.32 Å². The molecule has 0 amide bonds. The molecule has 5 heteroatoms. The molecule has 1 heterocycles. The molecular weight excluding hydrogens is 258 g/mol. The highest BCUT2D eigenvalue weighted by Gasteiger charge is 2.28. The zero-order valence-corrected chi connectivity index (χ0v) is 14.0. The first-order valence-corrected chi connectivity index (χ1v) is 7.54. The van der Waals surface area contributed by atoms with Gasteiger partial charge in [-0.05, 0) is 45.3 Å². The summed E-state index contributed by atoms with van der Waals surface area (Å²) in [6.45, 7) is 10.8. The molecule has 1 aromatic heterocycles. The molecule has 0 aliphatic heterocycles. The lowest BCUT2D eigenvalue weighted by molar-refractivity contribution is 0.0119. The van der Waals surface area contributed by atoms with Crippen molar-refractivity contribution in [2.75, 3.05) is 14.2 Å². The summed E-state index contributed by atoms with van der Waals surface area (Å²) in [7, 11) is 3.76. The molecule has 1 rings (SSSR count). The summed E-state index contributed by atoms with van der Waals surface area (Å²) in [6.07, 6.45) is 2.01. The maximum atomic E-state index is 5.49. The van der Waals surface area contributed by atoms with Crippen molar-refractivity contribution in [3.8, 4) is 0 Å². The van der Waals surface area contributed by atoms with E-state index >= 15 is 0 Å². The molecule has 110 valence electrons. The molecule has 0 saturated heterocycles. The van der Waals surface area contributed by atoms with E-state index in [0.717, 1.165) is 18.5 Å². The predicted molar refractivity (Wildman–Crippen MR) is 80.7 cm³/mol. The Morgan fingerprint density at radius 2 is 1.89 bits per heavy atom. The van der Waals surface area contributed by atoms with Crippen LogP contribution in [0.1, 0.15) is 64.1 Å². The van der Waals surface area contributed by atoms with Gasteiger partial charge in [-0.2, -0.15) is 0 Å². The molecule has 0 aliphatic rings. The number of rotatable bonds is 6. The van der Waals surface area contributed by atoms with Crippen molar-refractivity contribution in [1.29, 1.82) is 0 Å². The largest absolute Gasteiger partial charge is 0.379 e. The van der Waals surface area contributed by atoms with E-state index in [4.69, 9.17) is 4.74 Å². The molecule has 0 fully saturated rings. The van der Waals surface area contributed by atoms with Crippen LogP contribution in [0.3, 0.4) is 0 Å². The van der Waals surface area contributed by atoms with Crippen molar-refractivity contribution >= 4 is 11.5 Å². The first-order chi connectivity index (χ1) is 8.71. The number of nitrogens with zero attached hydrogens (tertiary/aromatic N) is 2. The molecule has 1 aromatic rings. The molecule has 1 atom stereocenters. The van der Waals surface area contributed by atoms with Crippen LogP contribution in [-0.2, 0) is 10.2 Å². The number of aromatic nitrogens is 2. The fraction of sp³-hybridized carbons (Fsp3) is 0.857. The maximum Gasteiger partial charge on any atom is 0.0857 e. The standard InChI is InChI=1S/C14H27N3OS/c1-13(2,3)12-11(19-17-16-12)10(15-6)8-9-14(4,5)18-7/h10,15H,8-9H2,1-7H3. The minimum atomic E-state index is -0.0882. The predicted octanol–water partition coefficient (Wildman–Crippen LogP) is 3.30. The van der Waals surface area contributed by atoms with E-state index in [-0.39, 0.29) is 11.0 Å². The second-order valence-electron chi connectivity index (χ2n) is 6.58. The monoisotopic (exact) mass is 285 g/mol. The van der Waals surface area contributed by atoms with Crippen LogP contribution in [0.15, 0.2) is 0 Å². The van der Waals surface area contributed by atoms with Gasteiger partial charge in [-0.15, -0.1) is 5.10 Å². The van der Waals surface area contributed by atoms with Gasteiger partial charge in [-0.1, -0.05) is 25.3 Å². The average molecular weight is 285 g/mol. The second-order valence-corrected chi connectivity index (χ2v) is 7.37. The van der Waals surface area contributed by atoms with E-state index < -0.39 is 0 Å². The summed E-state index contributed by atoms with van der Waals surface area (Å²) >= 11 is 1.50. The fourth-order valence-corrected chi connectivity index (χ4v) is 2.95. The van der Waals surface area contributed by atoms with Gasteiger partial charge in [-0.25, -0.2) is 0 Å². The topological polar surface area (TPSA) is 47.0 Å². The highest BCUT2D eigenvalue weighted by Crippen LogP contribution is 2.33. The van der Waals surface area contributed by atoms with E-state index in [1.54, 1.807) is 7.11 Å². The molecule has 4 nitrogen and oxygen atoms in total. The number of ether oxygens (including phenoxy) is 1. The van der Waals surface area contributed by atoms with Gasteiger partial charge in [0.15, 0.2) is 0 Å². The summed E-state index contributed by atoms with van der Waals surface area (Å²) in [6, 6.07) is 0.295. The van der Waals surface area contributed by atoms with Gasteiger partial charge in [0.1, 0.15) is 0 Å². The van der Waals surface area contributed by atoms with Crippen LogP contribution in [0.4, 0.5) is 0 Å². The van der Waals surface area contributed by atoms with Crippen LogP contribution >= 0.6 is 11.5 Å². The highest BCUT2D eigenvalue weighted by molar-refractivity contribution is 7.05. The number of hydrogen-bond acceptors (Lipinski definition) is 5. The van der Waals surface area contributed by atoms with Crippen LogP contribution in [-0.4, -0.2) is 29.3 Å². The van der Waals surface area contributed by atoms with Crippen molar-refractivity contribution in [3.63, 3.8) is 0 Å². The summed E-state index contributed by atoms with van der Waals surface area (Å²) in [5.74, 6) is 0. The smallest absolute Gasteiger partial charge is 0.0857 e. The summed E-state index contributed by atoms with van der Waals surface area (Å²) in [5.41, 5.74) is 1.05. The molecule has 19 heavy (non-hydrogen) atoms. The minimum Gasteiger partial charge on any atom is -0.379 e. The Morgan fingerprint density at radius 3 is 2.37 bits per heavy atom. The molecular formula is C14H27N3OS. The van der Waals surface area contributed by atoms with Gasteiger partial charge >= 0.3 is 0 Å². The number of hydrogen-bond donors (Lipinski definition) is 1. The molecule has 0 aliphatic carbocycles. The summed E-state index contributed by atoms with van der Waals surface area (Å²) < 4.78 is 9.63. The van der Waals surface area contributed by atoms with Crippen molar-refractivity contribution in [2.24, 2.45) is 0 Å². The molecule has 0 radical (unpaired) electrons. The molecule has 1 N–H and O–H groups in total. The van der Waals surface area contributed by atoms with Crippen LogP contribution in [0, 0.1) is 0 Å². The first kappa shape index (κ1) is 16.5. The zero-order chi connectivity index (χ0) is 14.7. The Morgan fingerprint density at radius 1 is 1.26 bits per heavy atom. The van der Waals surface area contributed by atoms with Crippen LogP contribution in [0.2, 0.25) is 0 Å². The Balaban J connectivity index is 2.84. The summed E-state index contributed by atoms with van der Waals surface area (Å²) in [4.78, 5) is 1.25. The minimum absolute atomic E-state index is 0.0359. The lowest BCUT2D eigenvalue weighted by Crippen LogP contribution is -2.27. The lowest BCUT2D eigenvalue weighted by atomic mass is 9.88. The Bertz CT molecular complexity index is 396. The van der Waals surface area contributed by atoms with Gasteiger partial charge in [0.25, 0.3) is 0 Å². The Hall–Kier alpha value is -0.520.